The second-order valence-corrected chi connectivity index (χ2v) is 8.07. The molecule has 138 valence electrons. The lowest BCUT2D eigenvalue weighted by molar-refractivity contribution is -0.141. The molecule has 1 saturated carbocycles. The SMILES string of the molecule is CCN(CC)S(=O)(=O)c1ccc(C(=O)N[C@@H]2CC[C@H](C(=O)O)C2)cc1. The summed E-state index contributed by atoms with van der Waals surface area (Å²) in [6, 6.07) is 5.66. The molecular weight excluding hydrogens is 344 g/mol. The first-order valence-corrected chi connectivity index (χ1v) is 9.87. The highest BCUT2D eigenvalue weighted by atomic mass is 32.2. The second-order valence-electron chi connectivity index (χ2n) is 6.13. The van der Waals surface area contributed by atoms with Crippen molar-refractivity contribution in [3.05, 3.63) is 29.8 Å². The van der Waals surface area contributed by atoms with Crippen molar-refractivity contribution in [2.24, 2.45) is 5.92 Å². The number of carboxylic acid groups (broad SMARTS) is 1. The van der Waals surface area contributed by atoms with Gasteiger partial charge in [-0.2, -0.15) is 4.31 Å². The van der Waals surface area contributed by atoms with E-state index in [4.69, 9.17) is 5.11 Å². The molecule has 2 rings (SSSR count). The Morgan fingerprint density at radius 1 is 1.16 bits per heavy atom. The van der Waals surface area contributed by atoms with Gasteiger partial charge >= 0.3 is 5.97 Å². The fraction of sp³-hybridized carbons (Fsp3) is 0.529. The molecule has 7 nitrogen and oxygen atoms in total. The van der Waals surface area contributed by atoms with Crippen molar-refractivity contribution >= 4 is 21.9 Å². The van der Waals surface area contributed by atoms with E-state index in [9.17, 15) is 18.0 Å². The molecule has 2 atom stereocenters. The van der Waals surface area contributed by atoms with Crippen LogP contribution in [-0.2, 0) is 14.8 Å². The molecule has 0 radical (unpaired) electrons. The molecule has 0 spiro atoms. The van der Waals surface area contributed by atoms with Crippen molar-refractivity contribution in [3.63, 3.8) is 0 Å². The number of carbonyl (C=O) groups is 2. The summed E-state index contributed by atoms with van der Waals surface area (Å²) in [6.07, 6.45) is 1.62. The highest BCUT2D eigenvalue weighted by Crippen LogP contribution is 2.26. The molecule has 0 aromatic heterocycles. The normalized spacial score (nSPS) is 20.6. The highest BCUT2D eigenvalue weighted by Gasteiger charge is 2.30. The monoisotopic (exact) mass is 368 g/mol. The molecule has 1 aromatic rings. The Morgan fingerprint density at radius 3 is 2.24 bits per heavy atom. The van der Waals surface area contributed by atoms with Crippen molar-refractivity contribution < 1.29 is 23.1 Å². The predicted octanol–water partition coefficient (Wildman–Crippen LogP) is 1.70. The summed E-state index contributed by atoms with van der Waals surface area (Å²) in [5, 5.41) is 11.8. The molecule has 2 N–H and O–H groups in total. The molecule has 1 aromatic carbocycles. The Kier molecular flexibility index (Phi) is 6.18. The molecule has 8 heteroatoms. The van der Waals surface area contributed by atoms with E-state index < -0.39 is 21.9 Å². The van der Waals surface area contributed by atoms with Crippen molar-refractivity contribution in [1.82, 2.24) is 9.62 Å². The van der Waals surface area contributed by atoms with Gasteiger partial charge in [0, 0.05) is 24.7 Å². The third-order valence-corrected chi connectivity index (χ3v) is 6.64. The third kappa shape index (κ3) is 4.38. The Labute approximate surface area is 148 Å². The maximum absolute atomic E-state index is 12.4. The molecule has 0 bridgehead atoms. The van der Waals surface area contributed by atoms with Crippen LogP contribution >= 0.6 is 0 Å². The highest BCUT2D eigenvalue weighted by molar-refractivity contribution is 7.89. The molecule has 0 aliphatic heterocycles. The van der Waals surface area contributed by atoms with Gasteiger partial charge in [-0.15, -0.1) is 0 Å². The second kappa shape index (κ2) is 7.97. The van der Waals surface area contributed by atoms with E-state index in [2.05, 4.69) is 5.32 Å². The molecule has 0 heterocycles. The molecule has 1 aliphatic rings. The minimum Gasteiger partial charge on any atom is -0.481 e. The number of benzene rings is 1. The van der Waals surface area contributed by atoms with Crippen LogP contribution in [0.25, 0.3) is 0 Å². The van der Waals surface area contributed by atoms with E-state index in [-0.39, 0.29) is 16.8 Å². The molecule has 25 heavy (non-hydrogen) atoms. The predicted molar refractivity (Wildman–Crippen MR) is 92.8 cm³/mol. The van der Waals surface area contributed by atoms with E-state index in [0.717, 1.165) is 0 Å². The molecule has 1 fully saturated rings. The van der Waals surface area contributed by atoms with E-state index in [1.807, 2.05) is 0 Å². The first-order valence-electron chi connectivity index (χ1n) is 8.43. The summed E-state index contributed by atoms with van der Waals surface area (Å²) < 4.78 is 26.2. The fourth-order valence-corrected chi connectivity index (χ4v) is 4.55. The van der Waals surface area contributed by atoms with E-state index >= 15 is 0 Å². The summed E-state index contributed by atoms with van der Waals surface area (Å²) >= 11 is 0. The van der Waals surface area contributed by atoms with Gasteiger partial charge in [-0.1, -0.05) is 13.8 Å². The number of nitrogens with one attached hydrogen (secondary N) is 1. The smallest absolute Gasteiger partial charge is 0.306 e. The van der Waals surface area contributed by atoms with Crippen molar-refractivity contribution in [3.8, 4) is 0 Å². The van der Waals surface area contributed by atoms with Crippen LogP contribution in [0, 0.1) is 5.92 Å². The molecular formula is C17H24N2O5S. The number of amides is 1. The number of hydrogen-bond acceptors (Lipinski definition) is 4. The van der Waals surface area contributed by atoms with Crippen molar-refractivity contribution in [1.29, 1.82) is 0 Å². The van der Waals surface area contributed by atoms with Crippen LogP contribution in [0.1, 0.15) is 43.5 Å². The van der Waals surface area contributed by atoms with Gasteiger partial charge in [0.1, 0.15) is 0 Å². The Balaban J connectivity index is 2.05. The van der Waals surface area contributed by atoms with E-state index in [1.165, 1.54) is 28.6 Å². The minimum atomic E-state index is -3.55. The maximum atomic E-state index is 12.4. The van der Waals surface area contributed by atoms with Crippen LogP contribution in [0.15, 0.2) is 29.2 Å². The topological polar surface area (TPSA) is 104 Å². The number of rotatable bonds is 7. The molecule has 0 saturated heterocycles. The lowest BCUT2D eigenvalue weighted by Crippen LogP contribution is -2.33. The van der Waals surface area contributed by atoms with Crippen molar-refractivity contribution in [2.75, 3.05) is 13.1 Å². The van der Waals surface area contributed by atoms with Gasteiger partial charge in [-0.3, -0.25) is 9.59 Å². The number of carboxylic acids is 1. The zero-order valence-corrected chi connectivity index (χ0v) is 15.3. The van der Waals surface area contributed by atoms with Crippen LogP contribution in [0.4, 0.5) is 0 Å². The van der Waals surface area contributed by atoms with Gasteiger partial charge in [0.25, 0.3) is 5.91 Å². The van der Waals surface area contributed by atoms with Gasteiger partial charge in [0.2, 0.25) is 10.0 Å². The van der Waals surface area contributed by atoms with E-state index in [0.29, 0.717) is 37.9 Å². The summed E-state index contributed by atoms with van der Waals surface area (Å²) in [5.74, 6) is -1.56. The summed E-state index contributed by atoms with van der Waals surface area (Å²) in [5.41, 5.74) is 0.359. The van der Waals surface area contributed by atoms with Gasteiger partial charge < -0.3 is 10.4 Å². The van der Waals surface area contributed by atoms with Crippen LogP contribution in [-0.4, -0.2) is 48.8 Å². The molecule has 1 amide bonds. The van der Waals surface area contributed by atoms with Crippen LogP contribution in [0.5, 0.6) is 0 Å². The van der Waals surface area contributed by atoms with Gasteiger partial charge in [0.05, 0.1) is 10.8 Å². The standard InChI is InChI=1S/C17H24N2O5S/c1-3-19(4-2)25(23,24)15-9-6-12(7-10-15)16(20)18-14-8-5-13(11-14)17(21)22/h6-7,9-10,13-14H,3-5,8,11H2,1-2H3,(H,18,20)(H,21,22)/t13-,14+/m0/s1. The number of sulfonamides is 1. The Hall–Kier alpha value is -1.93. The number of aliphatic carboxylic acids is 1. The van der Waals surface area contributed by atoms with E-state index in [1.54, 1.807) is 13.8 Å². The number of hydrogen-bond donors (Lipinski definition) is 2. The average molecular weight is 368 g/mol. The average Bonchev–Trinajstić information content (AvgIpc) is 3.04. The third-order valence-electron chi connectivity index (χ3n) is 4.58. The lowest BCUT2D eigenvalue weighted by atomic mass is 10.1. The quantitative estimate of drug-likeness (QED) is 0.762. The summed E-state index contributed by atoms with van der Waals surface area (Å²) in [6.45, 7) is 4.31. The molecule has 0 unspecified atom stereocenters. The first kappa shape index (κ1) is 19.4. The largest absolute Gasteiger partial charge is 0.481 e. The number of carbonyl (C=O) groups excluding carboxylic acids is 1. The first-order chi connectivity index (χ1) is 11.8. The van der Waals surface area contributed by atoms with Crippen LogP contribution in [0.2, 0.25) is 0 Å². The summed E-state index contributed by atoms with van der Waals surface area (Å²) in [4.78, 5) is 23.4. The van der Waals surface area contributed by atoms with Gasteiger partial charge in [-0.25, -0.2) is 8.42 Å². The van der Waals surface area contributed by atoms with Gasteiger partial charge in [0.15, 0.2) is 0 Å². The minimum absolute atomic E-state index is 0.152. The van der Waals surface area contributed by atoms with Crippen molar-refractivity contribution in [2.45, 2.75) is 44.0 Å². The molecule has 1 aliphatic carbocycles. The van der Waals surface area contributed by atoms with Gasteiger partial charge in [-0.05, 0) is 43.5 Å². The zero-order valence-electron chi connectivity index (χ0n) is 14.4. The number of nitrogens with zero attached hydrogens (tertiary/aromatic N) is 1. The fourth-order valence-electron chi connectivity index (χ4n) is 3.10. The lowest BCUT2D eigenvalue weighted by Gasteiger charge is -2.18. The Morgan fingerprint density at radius 2 is 1.76 bits per heavy atom. The maximum Gasteiger partial charge on any atom is 0.306 e. The zero-order chi connectivity index (χ0) is 18.6. The van der Waals surface area contributed by atoms with Crippen LogP contribution in [0.3, 0.4) is 0 Å². The van der Waals surface area contributed by atoms with Crippen LogP contribution < -0.4 is 5.32 Å². The summed E-state index contributed by atoms with van der Waals surface area (Å²) in [7, 11) is -3.55. The Bertz CT molecular complexity index is 726.